The van der Waals surface area contributed by atoms with Crippen LogP contribution in [0.4, 0.5) is 0 Å². The van der Waals surface area contributed by atoms with Gasteiger partial charge in [-0.2, -0.15) is 0 Å². The molecule has 0 spiro atoms. The summed E-state index contributed by atoms with van der Waals surface area (Å²) in [5.74, 6) is -2.08. The zero-order chi connectivity index (χ0) is 8.43. The third kappa shape index (κ3) is 2.00. The summed E-state index contributed by atoms with van der Waals surface area (Å²) in [5, 5.41) is 8.89. The van der Waals surface area contributed by atoms with Gasteiger partial charge >= 0.3 is 41.5 Å². The van der Waals surface area contributed by atoms with E-state index in [0.717, 1.165) is 7.11 Å². The molecule has 0 bridgehead atoms. The van der Waals surface area contributed by atoms with Crippen LogP contribution in [0, 0.1) is 0 Å². The average molecular weight is 182 g/mol. The summed E-state index contributed by atoms with van der Waals surface area (Å²) in [6.45, 7) is -0.247. The molecule has 0 radical (unpaired) electrons. The minimum atomic E-state index is -0.870. The van der Waals surface area contributed by atoms with Gasteiger partial charge in [0.1, 0.15) is 6.61 Å². The Morgan fingerprint density at radius 3 is 2.58 bits per heavy atom. The molecule has 1 N–H and O–H groups in total. The number of carbonyl (C=O) groups excluding carboxylic acids is 2. The number of rotatable bonds is 1. The Labute approximate surface area is 90.6 Å². The zero-order valence-electron chi connectivity index (χ0n) is 5.79. The van der Waals surface area contributed by atoms with Crippen LogP contribution in [-0.2, 0) is 19.1 Å². The number of aliphatic hydroxyl groups excluding tert-OH is 1. The molecule has 0 saturated carbocycles. The molecular formula is C6H7NaO5. The van der Waals surface area contributed by atoms with Gasteiger partial charge in [0.05, 0.1) is 7.11 Å². The van der Waals surface area contributed by atoms with Crippen LogP contribution < -0.4 is 0 Å². The molecule has 1 aliphatic rings. The first-order valence-electron chi connectivity index (χ1n) is 2.84. The average Bonchev–Trinajstić information content (AvgIpc) is 2.30. The van der Waals surface area contributed by atoms with E-state index in [-0.39, 0.29) is 41.9 Å². The molecule has 6 heteroatoms. The number of hydrogen-bond acceptors (Lipinski definition) is 5. The summed E-state index contributed by atoms with van der Waals surface area (Å²) in [4.78, 5) is 21.3. The van der Waals surface area contributed by atoms with E-state index in [1.54, 1.807) is 0 Å². The van der Waals surface area contributed by atoms with E-state index in [2.05, 4.69) is 9.47 Å². The van der Waals surface area contributed by atoms with Crippen LogP contribution >= 0.6 is 0 Å². The van der Waals surface area contributed by atoms with Crippen LogP contribution in [0.2, 0.25) is 0 Å². The number of esters is 2. The molecule has 12 heavy (non-hydrogen) atoms. The van der Waals surface area contributed by atoms with Crippen molar-refractivity contribution in [3.05, 3.63) is 11.3 Å². The van der Waals surface area contributed by atoms with E-state index >= 15 is 0 Å². The summed E-state index contributed by atoms with van der Waals surface area (Å²) in [5.41, 5.74) is -0.410. The van der Waals surface area contributed by atoms with Crippen molar-refractivity contribution < 1.29 is 24.2 Å². The molecule has 62 valence electrons. The number of cyclic esters (lactones) is 1. The monoisotopic (exact) mass is 182 g/mol. The topological polar surface area (TPSA) is 72.8 Å². The molecular weight excluding hydrogens is 175 g/mol. The molecule has 1 heterocycles. The Bertz CT molecular complexity index is 244. The molecule has 0 aromatic heterocycles. The van der Waals surface area contributed by atoms with Crippen molar-refractivity contribution in [3.8, 4) is 0 Å². The minimum absolute atomic E-state index is 0. The maximum absolute atomic E-state index is 10.7. The Morgan fingerprint density at radius 2 is 2.25 bits per heavy atom. The summed E-state index contributed by atoms with van der Waals surface area (Å²) in [6, 6.07) is 0. The van der Waals surface area contributed by atoms with Crippen LogP contribution in [0.25, 0.3) is 0 Å². The summed E-state index contributed by atoms with van der Waals surface area (Å²) in [6.07, 6.45) is 0. The van der Waals surface area contributed by atoms with E-state index in [9.17, 15) is 9.59 Å². The van der Waals surface area contributed by atoms with Crippen molar-refractivity contribution in [1.29, 1.82) is 0 Å². The predicted molar refractivity (Wildman–Crippen MR) is 39.8 cm³/mol. The molecule has 0 aromatic rings. The van der Waals surface area contributed by atoms with Crippen molar-refractivity contribution in [2.75, 3.05) is 13.7 Å². The van der Waals surface area contributed by atoms with Gasteiger partial charge in [-0.3, -0.25) is 0 Å². The van der Waals surface area contributed by atoms with Gasteiger partial charge < -0.3 is 14.6 Å². The van der Waals surface area contributed by atoms with Crippen molar-refractivity contribution in [3.63, 3.8) is 0 Å². The molecule has 0 fully saturated rings. The summed E-state index contributed by atoms with van der Waals surface area (Å²) < 4.78 is 8.55. The van der Waals surface area contributed by atoms with Crippen LogP contribution in [0.3, 0.4) is 0 Å². The number of hydrogen-bond donors (Lipinski definition) is 1. The van der Waals surface area contributed by atoms with Gasteiger partial charge in [0, 0.05) is 0 Å². The predicted octanol–water partition coefficient (Wildman–Crippen LogP) is -1.12. The summed E-state index contributed by atoms with van der Waals surface area (Å²) in [7, 11) is 1.12. The molecule has 0 aliphatic carbocycles. The molecule has 5 nitrogen and oxygen atoms in total. The van der Waals surface area contributed by atoms with Gasteiger partial charge in [0.25, 0.3) is 0 Å². The number of aliphatic hydroxyl groups is 1. The number of methoxy groups -OCH3 is 1. The van der Waals surface area contributed by atoms with Crippen molar-refractivity contribution in [2.45, 2.75) is 0 Å². The quantitative estimate of drug-likeness (QED) is 0.316. The Morgan fingerprint density at radius 1 is 1.67 bits per heavy atom. The van der Waals surface area contributed by atoms with Crippen LogP contribution in [0.15, 0.2) is 11.3 Å². The van der Waals surface area contributed by atoms with Gasteiger partial charge in [-0.25, -0.2) is 9.59 Å². The molecule has 0 aromatic carbocycles. The standard InChI is InChI=1S/C6H6O5.Na.H/c1-10-5(8)4-3(7)2-11-6(4)9;;/h7H,2H2,1H3;;. The van der Waals surface area contributed by atoms with Gasteiger partial charge in [-0.1, -0.05) is 0 Å². The first-order chi connectivity index (χ1) is 5.16. The number of carbonyl (C=O) groups is 2. The van der Waals surface area contributed by atoms with E-state index in [0.29, 0.717) is 0 Å². The second-order valence-corrected chi connectivity index (χ2v) is 1.89. The Hall–Kier alpha value is -0.520. The summed E-state index contributed by atoms with van der Waals surface area (Å²) >= 11 is 0. The number of ether oxygens (including phenoxy) is 2. The second kappa shape index (κ2) is 4.49. The Balaban J connectivity index is 0.00000121. The van der Waals surface area contributed by atoms with E-state index in [1.807, 2.05) is 0 Å². The van der Waals surface area contributed by atoms with Crippen molar-refractivity contribution >= 4 is 41.5 Å². The van der Waals surface area contributed by atoms with Crippen LogP contribution in [-0.4, -0.2) is 60.3 Å². The molecule has 0 saturated heterocycles. The fourth-order valence-corrected chi connectivity index (χ4v) is 0.699. The first-order valence-corrected chi connectivity index (χ1v) is 2.84. The van der Waals surface area contributed by atoms with Gasteiger partial charge in [0.2, 0.25) is 0 Å². The van der Waals surface area contributed by atoms with Gasteiger partial charge in [0.15, 0.2) is 11.3 Å². The van der Waals surface area contributed by atoms with Crippen LogP contribution in [0.1, 0.15) is 0 Å². The fourth-order valence-electron chi connectivity index (χ4n) is 0.699. The molecule has 1 rings (SSSR count). The maximum atomic E-state index is 10.7. The molecule has 0 atom stereocenters. The fraction of sp³-hybridized carbons (Fsp3) is 0.333. The molecule has 0 unspecified atom stereocenters. The molecule has 1 aliphatic heterocycles. The Kier molecular flexibility index (Phi) is 4.30. The van der Waals surface area contributed by atoms with Gasteiger partial charge in [-0.15, -0.1) is 0 Å². The first kappa shape index (κ1) is 11.5. The normalized spacial score (nSPS) is 15.2. The second-order valence-electron chi connectivity index (χ2n) is 1.89. The van der Waals surface area contributed by atoms with Crippen molar-refractivity contribution in [1.82, 2.24) is 0 Å². The zero-order valence-corrected chi connectivity index (χ0v) is 5.79. The van der Waals surface area contributed by atoms with Gasteiger partial charge in [-0.05, 0) is 0 Å². The third-order valence-corrected chi connectivity index (χ3v) is 1.22. The molecule has 0 amide bonds. The van der Waals surface area contributed by atoms with Crippen LogP contribution in [0.5, 0.6) is 0 Å². The van der Waals surface area contributed by atoms with E-state index < -0.39 is 17.5 Å². The van der Waals surface area contributed by atoms with Crippen molar-refractivity contribution in [2.24, 2.45) is 0 Å². The third-order valence-electron chi connectivity index (χ3n) is 1.22. The SMILES string of the molecule is COC(=O)C1=C(O)COC1=O.[NaH]. The van der Waals surface area contributed by atoms with E-state index in [1.165, 1.54) is 0 Å². The van der Waals surface area contributed by atoms with E-state index in [4.69, 9.17) is 5.11 Å².